The second kappa shape index (κ2) is 20.1. The van der Waals surface area contributed by atoms with E-state index in [1.54, 1.807) is 6.08 Å². The van der Waals surface area contributed by atoms with Crippen LogP contribution in [0.15, 0.2) is 12.7 Å². The molecule has 0 saturated carbocycles. The van der Waals surface area contributed by atoms with Gasteiger partial charge in [0.2, 0.25) is 0 Å². The molecule has 0 bridgehead atoms. The molecule has 16 heavy (non-hydrogen) atoms. The van der Waals surface area contributed by atoms with Gasteiger partial charge in [-0.15, -0.1) is 6.58 Å². The molecule has 0 saturated heterocycles. The van der Waals surface area contributed by atoms with Gasteiger partial charge in [0.1, 0.15) is 0 Å². The van der Waals surface area contributed by atoms with Gasteiger partial charge in [-0.05, 0) is 6.42 Å². The molecule has 0 fully saturated rings. The summed E-state index contributed by atoms with van der Waals surface area (Å²) in [6, 6.07) is 0. The number of hydrogen-bond donors (Lipinski definition) is 7. The van der Waals surface area contributed by atoms with E-state index in [0.717, 1.165) is 0 Å². The first kappa shape index (κ1) is 29.6. The van der Waals surface area contributed by atoms with Crippen molar-refractivity contribution >= 4 is 7.82 Å². The second-order valence-corrected chi connectivity index (χ2v) is 2.98. The van der Waals surface area contributed by atoms with Crippen molar-refractivity contribution in [3.05, 3.63) is 12.7 Å². The van der Waals surface area contributed by atoms with E-state index in [-0.39, 0.29) is 25.1 Å². The highest BCUT2D eigenvalue weighted by Crippen LogP contribution is 2.25. The van der Waals surface area contributed by atoms with Crippen LogP contribution in [0.3, 0.4) is 0 Å². The Morgan fingerprint density at radius 1 is 1.19 bits per heavy atom. The van der Waals surface area contributed by atoms with E-state index in [9.17, 15) is 0 Å². The summed E-state index contributed by atoms with van der Waals surface area (Å²) in [4.78, 5) is 21.6. The fraction of sp³-hybridized carbons (Fsp3) is 0.667. The lowest BCUT2D eigenvalue weighted by Gasteiger charge is -1.95. The van der Waals surface area contributed by atoms with Crippen molar-refractivity contribution in [2.24, 2.45) is 0 Å². The molecule has 0 amide bonds. The zero-order chi connectivity index (χ0) is 10.7. The minimum atomic E-state index is -4.64. The van der Waals surface area contributed by atoms with Crippen LogP contribution in [0.25, 0.3) is 0 Å². The van der Waals surface area contributed by atoms with Crippen LogP contribution in [0.2, 0.25) is 0 Å². The van der Waals surface area contributed by atoms with Crippen molar-refractivity contribution in [3.8, 4) is 0 Å². The molecule has 10 heteroatoms. The Kier molecular flexibility index (Phi) is 37.2. The van der Waals surface area contributed by atoms with Crippen molar-refractivity contribution in [3.63, 3.8) is 0 Å². The molecular formula is C6H24N3O6P. The number of ether oxygens (including phenoxy) is 1. The molecule has 0 spiro atoms. The zero-order valence-electron chi connectivity index (χ0n) is 9.29. The molecule has 0 atom stereocenters. The number of rotatable bonds is 5. The summed E-state index contributed by atoms with van der Waals surface area (Å²) in [5.41, 5.74) is 0. The molecule has 0 aliphatic carbocycles. The largest absolute Gasteiger partial charge is 0.466 e. The molecule has 0 aromatic rings. The molecule has 0 aromatic carbocycles. The lowest BCUT2D eigenvalue weighted by Crippen LogP contribution is -1.95. The van der Waals surface area contributed by atoms with Gasteiger partial charge in [0.25, 0.3) is 0 Å². The highest BCUT2D eigenvalue weighted by molar-refractivity contribution is 7.45. The Balaban J connectivity index is -0.0000000454. The third-order valence-corrected chi connectivity index (χ3v) is 0.682. The molecule has 0 aromatic heterocycles. The van der Waals surface area contributed by atoms with Gasteiger partial charge in [0, 0.05) is 13.2 Å². The molecule has 0 heterocycles. The third-order valence-electron chi connectivity index (χ3n) is 0.682. The number of phosphoric acid groups is 1. The van der Waals surface area contributed by atoms with Crippen molar-refractivity contribution in [1.82, 2.24) is 18.5 Å². The van der Waals surface area contributed by atoms with E-state index in [4.69, 9.17) is 29.1 Å². The first-order chi connectivity index (χ1) is 5.91. The van der Waals surface area contributed by atoms with Crippen LogP contribution < -0.4 is 18.5 Å². The van der Waals surface area contributed by atoms with Gasteiger partial charge in [-0.2, -0.15) is 0 Å². The van der Waals surface area contributed by atoms with E-state index in [2.05, 4.69) is 6.58 Å². The summed E-state index contributed by atoms with van der Waals surface area (Å²) in [6.45, 7) is 4.89. The summed E-state index contributed by atoms with van der Waals surface area (Å²) in [5, 5.41) is 8.26. The third kappa shape index (κ3) is 101. The van der Waals surface area contributed by atoms with Gasteiger partial charge in [0.15, 0.2) is 0 Å². The number of aliphatic hydroxyl groups is 1. The summed E-state index contributed by atoms with van der Waals surface area (Å²) in [7, 11) is -4.64. The Labute approximate surface area is 95.1 Å². The smallest absolute Gasteiger partial charge is 0.396 e. The van der Waals surface area contributed by atoms with Gasteiger partial charge in [-0.1, -0.05) is 6.08 Å². The standard InChI is InChI=1S/C6H12O2.3H3N.H3O4P/c1-2-5-8-6-3-4-7;;;;1-5(2,3)4/h2,7H,1,3-6H2;3*1H3;(H3,1,2,3,4). The molecular weight excluding hydrogens is 241 g/mol. The maximum Gasteiger partial charge on any atom is 0.466 e. The van der Waals surface area contributed by atoms with Crippen LogP contribution in [0, 0.1) is 0 Å². The van der Waals surface area contributed by atoms with E-state index >= 15 is 0 Å². The number of aliphatic hydroxyl groups excluding tert-OH is 1. The Bertz CT molecular complexity index is 156. The highest BCUT2D eigenvalue weighted by Gasteiger charge is 2.00. The first-order valence-electron chi connectivity index (χ1n) is 3.49. The monoisotopic (exact) mass is 265 g/mol. The molecule has 0 unspecified atom stereocenters. The molecule has 0 aliphatic rings. The van der Waals surface area contributed by atoms with E-state index in [0.29, 0.717) is 19.6 Å². The normalized spacial score (nSPS) is 8.25. The molecule has 0 aliphatic heterocycles. The van der Waals surface area contributed by atoms with Gasteiger partial charge in [0.05, 0.1) is 6.61 Å². The molecule has 0 rings (SSSR count). The maximum absolute atomic E-state index is 8.88. The molecule has 13 N–H and O–H groups in total. The maximum atomic E-state index is 8.88. The Morgan fingerprint density at radius 3 is 1.81 bits per heavy atom. The second-order valence-electron chi connectivity index (χ2n) is 1.95. The van der Waals surface area contributed by atoms with Crippen LogP contribution in [-0.2, 0) is 9.30 Å². The SMILES string of the molecule is C=CCOCCCO.N.N.N.O=P(O)(O)O. The lowest BCUT2D eigenvalue weighted by atomic mass is 10.5. The summed E-state index contributed by atoms with van der Waals surface area (Å²) >= 11 is 0. The Morgan fingerprint density at radius 2 is 1.56 bits per heavy atom. The fourth-order valence-corrected chi connectivity index (χ4v) is 0.333. The van der Waals surface area contributed by atoms with Crippen molar-refractivity contribution in [2.45, 2.75) is 6.42 Å². The number of hydrogen-bond acceptors (Lipinski definition) is 6. The zero-order valence-corrected chi connectivity index (χ0v) is 10.2. The van der Waals surface area contributed by atoms with Gasteiger partial charge in [-0.3, -0.25) is 0 Å². The van der Waals surface area contributed by atoms with E-state index in [1.807, 2.05) is 0 Å². The van der Waals surface area contributed by atoms with Crippen LogP contribution in [0.1, 0.15) is 6.42 Å². The van der Waals surface area contributed by atoms with Crippen LogP contribution in [0.4, 0.5) is 0 Å². The predicted octanol–water partition coefficient (Wildman–Crippen LogP) is 0.129. The van der Waals surface area contributed by atoms with Crippen molar-refractivity contribution < 1.29 is 29.1 Å². The lowest BCUT2D eigenvalue weighted by molar-refractivity contribution is 0.139. The minimum Gasteiger partial charge on any atom is -0.396 e. The van der Waals surface area contributed by atoms with Crippen LogP contribution in [-0.4, -0.2) is 39.6 Å². The average Bonchev–Trinajstić information content (AvgIpc) is 1.95. The van der Waals surface area contributed by atoms with Crippen LogP contribution >= 0.6 is 7.82 Å². The first-order valence-corrected chi connectivity index (χ1v) is 5.06. The summed E-state index contributed by atoms with van der Waals surface area (Å²) < 4.78 is 13.8. The molecule has 104 valence electrons. The molecule has 0 radical (unpaired) electrons. The quantitative estimate of drug-likeness (QED) is 0.204. The molecule has 9 nitrogen and oxygen atoms in total. The van der Waals surface area contributed by atoms with E-state index in [1.165, 1.54) is 0 Å². The van der Waals surface area contributed by atoms with Gasteiger partial charge in [-0.25, -0.2) is 4.57 Å². The average molecular weight is 265 g/mol. The van der Waals surface area contributed by atoms with E-state index < -0.39 is 7.82 Å². The summed E-state index contributed by atoms with van der Waals surface area (Å²) in [6.07, 6.45) is 2.41. The minimum absolute atomic E-state index is 0. The van der Waals surface area contributed by atoms with Gasteiger partial charge >= 0.3 is 7.82 Å². The highest BCUT2D eigenvalue weighted by atomic mass is 31.2. The topological polar surface area (TPSA) is 212 Å². The van der Waals surface area contributed by atoms with Crippen molar-refractivity contribution in [1.29, 1.82) is 0 Å². The fourth-order valence-electron chi connectivity index (χ4n) is 0.333. The summed E-state index contributed by atoms with van der Waals surface area (Å²) in [5.74, 6) is 0. The van der Waals surface area contributed by atoms with Crippen LogP contribution in [0.5, 0.6) is 0 Å². The predicted molar refractivity (Wildman–Crippen MR) is 62.0 cm³/mol. The Hall–Kier alpha value is -0.350. The van der Waals surface area contributed by atoms with Gasteiger partial charge < -0.3 is 43.0 Å². The van der Waals surface area contributed by atoms with Crippen molar-refractivity contribution in [2.75, 3.05) is 19.8 Å².